The molecule has 2 aromatic rings. The van der Waals surface area contributed by atoms with Crippen LogP contribution >= 0.6 is 0 Å². The highest BCUT2D eigenvalue weighted by atomic mass is 16.5. The minimum Gasteiger partial charge on any atom is -0.497 e. The predicted octanol–water partition coefficient (Wildman–Crippen LogP) is 3.01. The zero-order valence-corrected chi connectivity index (χ0v) is 12.8. The van der Waals surface area contributed by atoms with Crippen LogP contribution in [0, 0.1) is 0 Å². The Morgan fingerprint density at radius 3 is 2.76 bits per heavy atom. The fraction of sp³-hybridized carbons (Fsp3) is 0.278. The minimum atomic E-state index is 0.904. The van der Waals surface area contributed by atoms with Gasteiger partial charge in [-0.05, 0) is 61.0 Å². The van der Waals surface area contributed by atoms with E-state index >= 15 is 0 Å². The molecule has 0 radical (unpaired) electrons. The average molecular weight is 280 g/mol. The Labute approximate surface area is 125 Å². The summed E-state index contributed by atoms with van der Waals surface area (Å²) < 4.78 is 5.39. The number of nitrogens with zero attached hydrogens (tertiary/aromatic N) is 2. The number of hydrogen-bond acceptors (Lipinski definition) is 3. The van der Waals surface area contributed by atoms with Crippen molar-refractivity contribution >= 4 is 5.57 Å². The molecule has 3 nitrogen and oxygen atoms in total. The molecule has 1 aromatic carbocycles. The Hall–Kier alpha value is -2.13. The molecule has 108 valence electrons. The Bertz CT molecular complexity index is 675. The molecular weight excluding hydrogens is 260 g/mol. The second-order valence-electron chi connectivity index (χ2n) is 5.66. The zero-order chi connectivity index (χ0) is 14.8. The van der Waals surface area contributed by atoms with Gasteiger partial charge in [0.05, 0.1) is 7.11 Å². The van der Waals surface area contributed by atoms with Crippen LogP contribution < -0.4 is 4.74 Å². The molecule has 0 amide bonds. The first kappa shape index (κ1) is 13.8. The zero-order valence-electron chi connectivity index (χ0n) is 12.8. The van der Waals surface area contributed by atoms with Crippen LogP contribution in [0.25, 0.3) is 5.57 Å². The van der Waals surface area contributed by atoms with Gasteiger partial charge in [0.2, 0.25) is 0 Å². The van der Waals surface area contributed by atoms with Crippen LogP contribution in [0.3, 0.4) is 0 Å². The average Bonchev–Trinajstić information content (AvgIpc) is 2.84. The minimum absolute atomic E-state index is 0.904. The van der Waals surface area contributed by atoms with Crippen molar-refractivity contribution in [2.75, 3.05) is 27.7 Å². The van der Waals surface area contributed by atoms with Crippen molar-refractivity contribution in [3.05, 3.63) is 65.0 Å². The number of fused-ring (bicyclic) bond motifs is 1. The fourth-order valence-electron chi connectivity index (χ4n) is 2.97. The Balaban J connectivity index is 2.13. The van der Waals surface area contributed by atoms with E-state index in [1.54, 1.807) is 7.11 Å². The molecule has 0 spiro atoms. The molecule has 1 aliphatic carbocycles. The Morgan fingerprint density at radius 2 is 2.10 bits per heavy atom. The third-order valence-corrected chi connectivity index (χ3v) is 3.80. The molecule has 3 rings (SSSR count). The Morgan fingerprint density at radius 1 is 1.24 bits per heavy atom. The summed E-state index contributed by atoms with van der Waals surface area (Å²) >= 11 is 0. The van der Waals surface area contributed by atoms with Crippen molar-refractivity contribution in [1.29, 1.82) is 0 Å². The number of methoxy groups -OCH3 is 1. The van der Waals surface area contributed by atoms with E-state index in [0.717, 1.165) is 18.7 Å². The highest BCUT2D eigenvalue weighted by Gasteiger charge is 2.23. The van der Waals surface area contributed by atoms with Gasteiger partial charge >= 0.3 is 0 Å². The van der Waals surface area contributed by atoms with Gasteiger partial charge in [0.15, 0.2) is 0 Å². The van der Waals surface area contributed by atoms with Crippen molar-refractivity contribution in [1.82, 2.24) is 9.88 Å². The van der Waals surface area contributed by atoms with Crippen molar-refractivity contribution in [3.63, 3.8) is 0 Å². The number of aromatic nitrogens is 1. The van der Waals surface area contributed by atoms with Gasteiger partial charge in [0.25, 0.3) is 0 Å². The van der Waals surface area contributed by atoms with Gasteiger partial charge < -0.3 is 9.64 Å². The standard InChI is InChI=1S/C18H20N2O/c1-20(2)12-15-9-13-6-7-16(21-3)10-17(13)18(15)14-5-4-8-19-11-14/h4-8,10-11H,9,12H2,1-3H3. The maximum Gasteiger partial charge on any atom is 0.119 e. The molecule has 0 aliphatic heterocycles. The first-order valence-electron chi connectivity index (χ1n) is 7.13. The molecule has 0 saturated carbocycles. The first-order valence-corrected chi connectivity index (χ1v) is 7.13. The maximum atomic E-state index is 5.39. The molecule has 0 saturated heterocycles. The lowest BCUT2D eigenvalue weighted by atomic mass is 9.98. The first-order chi connectivity index (χ1) is 10.2. The molecule has 0 N–H and O–H groups in total. The summed E-state index contributed by atoms with van der Waals surface area (Å²) in [5.74, 6) is 0.904. The summed E-state index contributed by atoms with van der Waals surface area (Å²) in [6, 6.07) is 10.5. The van der Waals surface area contributed by atoms with E-state index in [0.29, 0.717) is 0 Å². The molecule has 0 unspecified atom stereocenters. The van der Waals surface area contributed by atoms with Crippen molar-refractivity contribution in [2.45, 2.75) is 6.42 Å². The number of likely N-dealkylation sites (N-methyl/N-ethyl adjacent to an activating group) is 1. The number of ether oxygens (including phenoxy) is 1. The van der Waals surface area contributed by atoms with Gasteiger partial charge in [-0.3, -0.25) is 4.98 Å². The number of hydrogen-bond donors (Lipinski definition) is 0. The largest absolute Gasteiger partial charge is 0.497 e. The van der Waals surface area contributed by atoms with Crippen LogP contribution in [0.2, 0.25) is 0 Å². The maximum absolute atomic E-state index is 5.39. The number of pyridine rings is 1. The van der Waals surface area contributed by atoms with Gasteiger partial charge in [0, 0.05) is 24.5 Å². The molecule has 0 fully saturated rings. The predicted molar refractivity (Wildman–Crippen MR) is 85.5 cm³/mol. The van der Waals surface area contributed by atoms with E-state index in [4.69, 9.17) is 4.74 Å². The summed E-state index contributed by atoms with van der Waals surface area (Å²) in [4.78, 5) is 6.50. The van der Waals surface area contributed by atoms with Crippen molar-refractivity contribution in [3.8, 4) is 5.75 Å². The van der Waals surface area contributed by atoms with Crippen LogP contribution in [0.4, 0.5) is 0 Å². The van der Waals surface area contributed by atoms with Crippen LogP contribution in [0.15, 0.2) is 48.3 Å². The molecule has 1 aromatic heterocycles. The van der Waals surface area contributed by atoms with Crippen LogP contribution in [0.5, 0.6) is 5.75 Å². The molecular formula is C18H20N2O. The third kappa shape index (κ3) is 2.69. The second-order valence-corrected chi connectivity index (χ2v) is 5.66. The topological polar surface area (TPSA) is 25.4 Å². The van der Waals surface area contributed by atoms with Gasteiger partial charge in [-0.2, -0.15) is 0 Å². The number of rotatable bonds is 4. The lowest BCUT2D eigenvalue weighted by Crippen LogP contribution is -2.15. The SMILES string of the molecule is COc1ccc2c(c1)C(c1cccnc1)=C(CN(C)C)C2. The summed E-state index contributed by atoms with van der Waals surface area (Å²) in [6.07, 6.45) is 4.76. The van der Waals surface area contributed by atoms with E-state index in [-0.39, 0.29) is 0 Å². The molecule has 0 atom stereocenters. The normalized spacial score (nSPS) is 13.7. The van der Waals surface area contributed by atoms with Crippen LogP contribution in [-0.4, -0.2) is 37.6 Å². The summed E-state index contributed by atoms with van der Waals surface area (Å²) in [5.41, 5.74) is 6.58. The van der Waals surface area contributed by atoms with E-state index in [2.05, 4.69) is 42.2 Å². The molecule has 0 bridgehead atoms. The lowest BCUT2D eigenvalue weighted by molar-refractivity contribution is 0.414. The third-order valence-electron chi connectivity index (χ3n) is 3.80. The molecule has 1 heterocycles. The quantitative estimate of drug-likeness (QED) is 0.861. The lowest BCUT2D eigenvalue weighted by Gasteiger charge is -2.13. The second kappa shape index (κ2) is 5.70. The van der Waals surface area contributed by atoms with E-state index < -0.39 is 0 Å². The van der Waals surface area contributed by atoms with E-state index in [1.807, 2.05) is 24.5 Å². The summed E-state index contributed by atoms with van der Waals surface area (Å²) in [7, 11) is 5.93. The monoisotopic (exact) mass is 280 g/mol. The van der Waals surface area contributed by atoms with Crippen molar-refractivity contribution in [2.24, 2.45) is 0 Å². The van der Waals surface area contributed by atoms with Crippen LogP contribution in [-0.2, 0) is 6.42 Å². The Kier molecular flexibility index (Phi) is 3.76. The highest BCUT2D eigenvalue weighted by Crippen LogP contribution is 2.39. The van der Waals surface area contributed by atoms with Gasteiger partial charge in [-0.25, -0.2) is 0 Å². The summed E-state index contributed by atoms with van der Waals surface area (Å²) in [6.45, 7) is 0.960. The van der Waals surface area contributed by atoms with Gasteiger partial charge in [0.1, 0.15) is 5.75 Å². The van der Waals surface area contributed by atoms with Crippen molar-refractivity contribution < 1.29 is 4.74 Å². The van der Waals surface area contributed by atoms with Crippen LogP contribution in [0.1, 0.15) is 16.7 Å². The smallest absolute Gasteiger partial charge is 0.119 e. The fourth-order valence-corrected chi connectivity index (χ4v) is 2.97. The number of benzene rings is 1. The molecule has 1 aliphatic rings. The van der Waals surface area contributed by atoms with E-state index in [9.17, 15) is 0 Å². The molecule has 21 heavy (non-hydrogen) atoms. The van der Waals surface area contributed by atoms with Gasteiger partial charge in [-0.15, -0.1) is 0 Å². The van der Waals surface area contributed by atoms with Gasteiger partial charge in [-0.1, -0.05) is 12.1 Å². The van der Waals surface area contributed by atoms with E-state index in [1.165, 1.54) is 27.8 Å². The highest BCUT2D eigenvalue weighted by molar-refractivity contribution is 5.87. The molecule has 3 heteroatoms. The summed E-state index contributed by atoms with van der Waals surface area (Å²) in [5, 5.41) is 0.